The van der Waals surface area contributed by atoms with Gasteiger partial charge >= 0.3 is 0 Å². The van der Waals surface area contributed by atoms with Gasteiger partial charge in [0.1, 0.15) is 5.92 Å². The van der Waals surface area contributed by atoms with Crippen molar-refractivity contribution in [3.8, 4) is 0 Å². The molecule has 0 radical (unpaired) electrons. The number of carbonyl (C=O) groups excluding carboxylic acids is 2. The lowest BCUT2D eigenvalue weighted by molar-refractivity contribution is -0.140. The number of carbonyl (C=O) groups is 2. The topological polar surface area (TPSA) is 52.7 Å². The normalized spacial score (nSPS) is 24.8. The fourth-order valence-corrected chi connectivity index (χ4v) is 3.39. The Hall–Kier alpha value is -1.59. The van der Waals surface area contributed by atoms with Crippen molar-refractivity contribution in [3.63, 3.8) is 0 Å². The molecule has 118 valence electrons. The maximum Gasteiger partial charge on any atom is 0.239 e. The molecule has 5 nitrogen and oxygen atoms in total. The number of nitrogens with one attached hydrogen (secondary N) is 1. The molecule has 2 fully saturated rings. The zero-order valence-electron chi connectivity index (χ0n) is 12.6. The van der Waals surface area contributed by atoms with Crippen molar-refractivity contribution < 1.29 is 9.59 Å². The summed E-state index contributed by atoms with van der Waals surface area (Å²) in [5.41, 5.74) is 0.762. The summed E-state index contributed by atoms with van der Waals surface area (Å²) in [5.74, 6) is -0.752. The Morgan fingerprint density at radius 1 is 1.41 bits per heavy atom. The number of rotatable bonds is 3. The molecule has 0 saturated carbocycles. The fraction of sp³-hybridized carbons (Fsp3) is 0.500. The fourth-order valence-electron chi connectivity index (χ4n) is 3.21. The highest BCUT2D eigenvalue weighted by atomic mass is 35.5. The number of nitrogens with zero attached hydrogens (tertiary/aromatic N) is 2. The van der Waals surface area contributed by atoms with E-state index in [9.17, 15) is 9.59 Å². The van der Waals surface area contributed by atoms with E-state index >= 15 is 0 Å². The van der Waals surface area contributed by atoms with Crippen LogP contribution in [0.3, 0.4) is 0 Å². The standard InChI is InChI=1S/C16H20ClN3O2/c1-19(13-5-7-18-10-13)15(21)14-6-8-20(16(14)22)12-4-2-3-11(17)9-12/h2-4,9,13-14,18H,5-8,10H2,1H3. The van der Waals surface area contributed by atoms with Crippen molar-refractivity contribution in [2.24, 2.45) is 5.92 Å². The minimum atomic E-state index is -0.565. The number of hydrogen-bond donors (Lipinski definition) is 1. The van der Waals surface area contributed by atoms with Crippen LogP contribution in [0.4, 0.5) is 5.69 Å². The minimum Gasteiger partial charge on any atom is -0.341 e. The maximum absolute atomic E-state index is 12.6. The summed E-state index contributed by atoms with van der Waals surface area (Å²) in [7, 11) is 1.80. The highest BCUT2D eigenvalue weighted by Gasteiger charge is 2.40. The van der Waals surface area contributed by atoms with Crippen LogP contribution >= 0.6 is 11.6 Å². The molecule has 1 aromatic rings. The molecule has 3 rings (SSSR count). The Morgan fingerprint density at radius 3 is 2.91 bits per heavy atom. The van der Waals surface area contributed by atoms with E-state index in [1.54, 1.807) is 29.0 Å². The molecule has 0 bridgehead atoms. The first-order valence-corrected chi connectivity index (χ1v) is 8.00. The van der Waals surface area contributed by atoms with Crippen molar-refractivity contribution in [2.75, 3.05) is 31.6 Å². The minimum absolute atomic E-state index is 0.0665. The summed E-state index contributed by atoms with van der Waals surface area (Å²) >= 11 is 5.99. The van der Waals surface area contributed by atoms with Gasteiger partial charge in [0.15, 0.2) is 0 Å². The van der Waals surface area contributed by atoms with E-state index in [0.29, 0.717) is 18.0 Å². The Bertz CT molecular complexity index is 587. The van der Waals surface area contributed by atoms with E-state index < -0.39 is 5.92 Å². The van der Waals surface area contributed by atoms with Crippen LogP contribution in [0.15, 0.2) is 24.3 Å². The van der Waals surface area contributed by atoms with Crippen molar-refractivity contribution >= 4 is 29.1 Å². The molecule has 2 heterocycles. The average Bonchev–Trinajstić information content (AvgIpc) is 3.15. The number of anilines is 1. The lowest BCUT2D eigenvalue weighted by Crippen LogP contribution is -2.44. The quantitative estimate of drug-likeness (QED) is 0.859. The van der Waals surface area contributed by atoms with E-state index in [0.717, 1.165) is 25.2 Å². The Balaban J connectivity index is 1.71. The summed E-state index contributed by atoms with van der Waals surface area (Å²) in [5, 5.41) is 3.84. The van der Waals surface area contributed by atoms with Gasteiger partial charge in [-0.2, -0.15) is 0 Å². The molecule has 2 unspecified atom stereocenters. The lowest BCUT2D eigenvalue weighted by atomic mass is 10.1. The Kier molecular flexibility index (Phi) is 4.36. The van der Waals surface area contributed by atoms with Crippen LogP contribution in [0.2, 0.25) is 5.02 Å². The summed E-state index contributed by atoms with van der Waals surface area (Å²) in [4.78, 5) is 28.6. The van der Waals surface area contributed by atoms with Gasteiger partial charge in [-0.1, -0.05) is 17.7 Å². The van der Waals surface area contributed by atoms with Crippen LogP contribution in [-0.4, -0.2) is 49.4 Å². The zero-order valence-corrected chi connectivity index (χ0v) is 13.3. The van der Waals surface area contributed by atoms with Gasteiger partial charge in [0.25, 0.3) is 0 Å². The van der Waals surface area contributed by atoms with Crippen LogP contribution < -0.4 is 10.2 Å². The smallest absolute Gasteiger partial charge is 0.239 e. The Labute approximate surface area is 135 Å². The van der Waals surface area contributed by atoms with Crippen LogP contribution in [0, 0.1) is 5.92 Å². The van der Waals surface area contributed by atoms with E-state index in [2.05, 4.69) is 5.32 Å². The SMILES string of the molecule is CN(C(=O)C1CCN(c2cccc(Cl)c2)C1=O)C1CCNC1. The van der Waals surface area contributed by atoms with Gasteiger partial charge in [0.05, 0.1) is 0 Å². The number of halogens is 1. The van der Waals surface area contributed by atoms with Crippen molar-refractivity contribution in [1.82, 2.24) is 10.2 Å². The van der Waals surface area contributed by atoms with Crippen molar-refractivity contribution in [2.45, 2.75) is 18.9 Å². The molecule has 6 heteroatoms. The average molecular weight is 322 g/mol. The molecule has 2 atom stereocenters. The highest BCUT2D eigenvalue weighted by Crippen LogP contribution is 2.28. The molecule has 1 aromatic carbocycles. The molecule has 0 spiro atoms. The summed E-state index contributed by atoms with van der Waals surface area (Å²) in [6.07, 6.45) is 1.51. The molecule has 2 aliphatic rings. The second-order valence-electron chi connectivity index (χ2n) is 5.91. The van der Waals surface area contributed by atoms with E-state index in [-0.39, 0.29) is 17.9 Å². The molecule has 22 heavy (non-hydrogen) atoms. The van der Waals surface area contributed by atoms with Crippen LogP contribution in [0.1, 0.15) is 12.8 Å². The van der Waals surface area contributed by atoms with Gasteiger partial charge in [0, 0.05) is 36.9 Å². The number of hydrogen-bond acceptors (Lipinski definition) is 3. The maximum atomic E-state index is 12.6. The predicted molar refractivity (Wildman–Crippen MR) is 86.0 cm³/mol. The van der Waals surface area contributed by atoms with E-state index in [4.69, 9.17) is 11.6 Å². The van der Waals surface area contributed by atoms with Crippen molar-refractivity contribution in [3.05, 3.63) is 29.3 Å². The third-order valence-corrected chi connectivity index (χ3v) is 4.79. The summed E-state index contributed by atoms with van der Waals surface area (Å²) in [6.45, 7) is 2.29. The molecule has 0 aliphatic carbocycles. The van der Waals surface area contributed by atoms with Gasteiger partial charge in [-0.3, -0.25) is 9.59 Å². The summed E-state index contributed by atoms with van der Waals surface area (Å²) < 4.78 is 0. The van der Waals surface area contributed by atoms with Crippen molar-refractivity contribution in [1.29, 1.82) is 0 Å². The molecular weight excluding hydrogens is 302 g/mol. The third-order valence-electron chi connectivity index (χ3n) is 4.55. The van der Waals surface area contributed by atoms with Gasteiger partial charge in [-0.05, 0) is 37.6 Å². The monoisotopic (exact) mass is 321 g/mol. The molecule has 2 aliphatic heterocycles. The number of amides is 2. The first-order chi connectivity index (χ1) is 10.6. The number of likely N-dealkylation sites (N-methyl/N-ethyl adjacent to an activating group) is 1. The largest absolute Gasteiger partial charge is 0.341 e. The Morgan fingerprint density at radius 2 is 2.23 bits per heavy atom. The molecule has 2 saturated heterocycles. The van der Waals surface area contributed by atoms with Crippen LogP contribution in [0.5, 0.6) is 0 Å². The molecule has 1 N–H and O–H groups in total. The van der Waals surface area contributed by atoms with E-state index in [1.807, 2.05) is 12.1 Å². The second kappa shape index (κ2) is 6.26. The molecule has 2 amide bonds. The van der Waals surface area contributed by atoms with Crippen LogP contribution in [-0.2, 0) is 9.59 Å². The molecule has 0 aromatic heterocycles. The third kappa shape index (κ3) is 2.83. The number of benzene rings is 1. The van der Waals surface area contributed by atoms with E-state index in [1.165, 1.54) is 0 Å². The summed E-state index contributed by atoms with van der Waals surface area (Å²) in [6, 6.07) is 7.39. The zero-order chi connectivity index (χ0) is 15.7. The van der Waals surface area contributed by atoms with Gasteiger partial charge in [-0.15, -0.1) is 0 Å². The van der Waals surface area contributed by atoms with Gasteiger partial charge < -0.3 is 15.1 Å². The second-order valence-corrected chi connectivity index (χ2v) is 6.34. The highest BCUT2D eigenvalue weighted by molar-refractivity contribution is 6.31. The predicted octanol–water partition coefficient (Wildman–Crippen LogP) is 1.51. The lowest BCUT2D eigenvalue weighted by Gasteiger charge is -2.26. The van der Waals surface area contributed by atoms with Gasteiger partial charge in [0.2, 0.25) is 11.8 Å². The first kappa shape index (κ1) is 15.3. The van der Waals surface area contributed by atoms with Gasteiger partial charge in [-0.25, -0.2) is 0 Å². The molecular formula is C16H20ClN3O2. The van der Waals surface area contributed by atoms with Crippen LogP contribution in [0.25, 0.3) is 0 Å². The first-order valence-electron chi connectivity index (χ1n) is 7.62.